The summed E-state index contributed by atoms with van der Waals surface area (Å²) in [5.74, 6) is 0.813. The maximum absolute atomic E-state index is 13.8. The van der Waals surface area contributed by atoms with E-state index in [1.807, 2.05) is 18.2 Å². The lowest BCUT2D eigenvalue weighted by molar-refractivity contribution is 0.311. The van der Waals surface area contributed by atoms with Crippen LogP contribution in [0.3, 0.4) is 0 Å². The monoisotopic (exact) mass is 351 g/mol. The van der Waals surface area contributed by atoms with E-state index in [4.69, 9.17) is 5.26 Å². The zero-order valence-electron chi connectivity index (χ0n) is 14.8. The number of hydrogen-bond acceptors (Lipinski definition) is 1. The van der Waals surface area contributed by atoms with Crippen molar-refractivity contribution >= 4 is 0 Å². The Kier molecular flexibility index (Phi) is 6.17. The number of nitrogens with zero attached hydrogens (tertiary/aromatic N) is 1. The zero-order chi connectivity index (χ0) is 18.4. The maximum atomic E-state index is 13.8. The molecule has 3 heteroatoms. The quantitative estimate of drug-likeness (QED) is 0.574. The van der Waals surface area contributed by atoms with Gasteiger partial charge < -0.3 is 0 Å². The second kappa shape index (κ2) is 8.76. The summed E-state index contributed by atoms with van der Waals surface area (Å²) in [5.41, 5.74) is 3.16. The predicted octanol–water partition coefficient (Wildman–Crippen LogP) is 6.90. The third-order valence-electron chi connectivity index (χ3n) is 5.48. The van der Waals surface area contributed by atoms with Gasteiger partial charge in [-0.25, -0.2) is 8.78 Å². The predicted molar refractivity (Wildman–Crippen MR) is 101 cm³/mol. The molecule has 1 aliphatic carbocycles. The molecule has 0 N–H and O–H groups in total. The van der Waals surface area contributed by atoms with Gasteiger partial charge in [-0.05, 0) is 79.2 Å². The van der Waals surface area contributed by atoms with Gasteiger partial charge in [-0.15, -0.1) is 0 Å². The number of nitriles is 1. The zero-order valence-corrected chi connectivity index (χ0v) is 14.8. The third-order valence-corrected chi connectivity index (χ3v) is 5.48. The first-order valence-electron chi connectivity index (χ1n) is 9.26. The van der Waals surface area contributed by atoms with Crippen molar-refractivity contribution in [3.05, 3.63) is 71.8 Å². The fourth-order valence-electron chi connectivity index (χ4n) is 3.91. The molecule has 0 unspecified atom stereocenters. The molecule has 1 nitrogen and oxygen atoms in total. The number of allylic oxidation sites excluding steroid dienone is 1. The van der Waals surface area contributed by atoms with Crippen molar-refractivity contribution in [3.63, 3.8) is 0 Å². The number of hydrogen-bond donors (Lipinski definition) is 0. The summed E-state index contributed by atoms with van der Waals surface area (Å²) in [5, 5.41) is 8.83. The van der Waals surface area contributed by atoms with Crippen LogP contribution in [0.25, 0.3) is 11.1 Å². The highest BCUT2D eigenvalue weighted by molar-refractivity contribution is 5.64. The average Bonchev–Trinajstić information content (AvgIpc) is 2.69. The third kappa shape index (κ3) is 4.38. The van der Waals surface area contributed by atoms with Gasteiger partial charge in [0, 0.05) is 0 Å². The van der Waals surface area contributed by atoms with Crippen LogP contribution in [-0.2, 0) is 0 Å². The Balaban J connectivity index is 1.62. The number of benzene rings is 2. The molecule has 2 aromatic carbocycles. The summed E-state index contributed by atoms with van der Waals surface area (Å²) in [7, 11) is 0. The summed E-state index contributed by atoms with van der Waals surface area (Å²) in [6.45, 7) is 0. The lowest BCUT2D eigenvalue weighted by Crippen LogP contribution is -2.13. The maximum Gasteiger partial charge on any atom is 0.141 e. The lowest BCUT2D eigenvalue weighted by Gasteiger charge is -2.28. The van der Waals surface area contributed by atoms with Gasteiger partial charge in [0.15, 0.2) is 0 Å². The Morgan fingerprint density at radius 2 is 1.69 bits per heavy atom. The Labute approximate surface area is 154 Å². The highest BCUT2D eigenvalue weighted by Gasteiger charge is 2.21. The fraction of sp³-hybridized carbons (Fsp3) is 0.348. The molecule has 0 aliphatic heterocycles. The Bertz CT molecular complexity index is 794. The molecule has 0 spiro atoms. The summed E-state index contributed by atoms with van der Waals surface area (Å²) in [6.07, 6.45) is 8.92. The van der Waals surface area contributed by atoms with E-state index in [9.17, 15) is 8.78 Å². The molecule has 2 aromatic rings. The molecule has 26 heavy (non-hydrogen) atoms. The molecular formula is C23H23F2N. The molecule has 1 saturated carbocycles. The van der Waals surface area contributed by atoms with E-state index in [1.165, 1.54) is 43.4 Å². The van der Waals surface area contributed by atoms with E-state index in [1.54, 1.807) is 12.1 Å². The van der Waals surface area contributed by atoms with Crippen molar-refractivity contribution in [2.24, 2.45) is 5.92 Å². The molecule has 1 fully saturated rings. The van der Waals surface area contributed by atoms with Gasteiger partial charge >= 0.3 is 0 Å². The van der Waals surface area contributed by atoms with Crippen molar-refractivity contribution in [1.82, 2.24) is 0 Å². The first kappa shape index (κ1) is 18.3. The second-order valence-electron chi connectivity index (χ2n) is 7.09. The largest absolute Gasteiger partial charge is 0.216 e. The SMILES string of the molecule is N#Cc1ccc(-c2ccc(C3CCC(CC/C=C/F)CC3)cc2)cc1F. The summed E-state index contributed by atoms with van der Waals surface area (Å²) in [4.78, 5) is 0. The number of rotatable bonds is 5. The number of halogens is 2. The van der Waals surface area contributed by atoms with Crippen LogP contribution < -0.4 is 0 Å². The van der Waals surface area contributed by atoms with Gasteiger partial charge in [0.1, 0.15) is 11.9 Å². The van der Waals surface area contributed by atoms with Crippen LogP contribution in [-0.4, -0.2) is 0 Å². The Morgan fingerprint density at radius 1 is 1.00 bits per heavy atom. The Hall–Kier alpha value is -2.47. The molecule has 3 rings (SSSR count). The summed E-state index contributed by atoms with van der Waals surface area (Å²) < 4.78 is 25.8. The van der Waals surface area contributed by atoms with Crippen LogP contribution in [0.2, 0.25) is 0 Å². The minimum absolute atomic E-state index is 0.0733. The van der Waals surface area contributed by atoms with Gasteiger partial charge in [-0.2, -0.15) is 5.26 Å². The first-order valence-corrected chi connectivity index (χ1v) is 9.26. The van der Waals surface area contributed by atoms with E-state index >= 15 is 0 Å². The average molecular weight is 351 g/mol. The van der Waals surface area contributed by atoms with Crippen molar-refractivity contribution in [2.75, 3.05) is 0 Å². The van der Waals surface area contributed by atoms with Gasteiger partial charge in [-0.3, -0.25) is 0 Å². The normalized spacial score (nSPS) is 20.2. The van der Waals surface area contributed by atoms with Crippen molar-refractivity contribution in [3.8, 4) is 17.2 Å². The molecule has 0 radical (unpaired) electrons. The van der Waals surface area contributed by atoms with E-state index in [0.29, 0.717) is 18.2 Å². The van der Waals surface area contributed by atoms with Gasteiger partial charge in [0.05, 0.1) is 11.9 Å². The second-order valence-corrected chi connectivity index (χ2v) is 7.09. The highest BCUT2D eigenvalue weighted by atomic mass is 19.1. The molecule has 134 valence electrons. The molecule has 0 heterocycles. The molecular weight excluding hydrogens is 328 g/mol. The van der Waals surface area contributed by atoms with Gasteiger partial charge in [0.2, 0.25) is 0 Å². The minimum Gasteiger partial charge on any atom is -0.216 e. The van der Waals surface area contributed by atoms with Gasteiger partial charge in [0.25, 0.3) is 0 Å². The van der Waals surface area contributed by atoms with Crippen LogP contribution >= 0.6 is 0 Å². The molecule has 0 bridgehead atoms. The summed E-state index contributed by atoms with van der Waals surface area (Å²) >= 11 is 0. The van der Waals surface area contributed by atoms with Crippen LogP contribution in [0, 0.1) is 23.1 Å². The van der Waals surface area contributed by atoms with E-state index in [0.717, 1.165) is 24.0 Å². The van der Waals surface area contributed by atoms with Gasteiger partial charge in [-0.1, -0.05) is 36.4 Å². The summed E-state index contributed by atoms with van der Waals surface area (Å²) in [6, 6.07) is 14.9. The molecule has 0 saturated heterocycles. The molecule has 1 aliphatic rings. The van der Waals surface area contributed by atoms with E-state index in [2.05, 4.69) is 12.1 Å². The van der Waals surface area contributed by atoms with Crippen molar-refractivity contribution in [2.45, 2.75) is 44.4 Å². The lowest BCUT2D eigenvalue weighted by atomic mass is 9.77. The minimum atomic E-state index is -0.477. The molecule has 0 amide bonds. The standard InChI is InChI=1S/C23H23F2N/c24-14-2-1-3-17-4-6-18(7-5-17)19-8-10-20(11-9-19)21-12-13-22(16-26)23(25)15-21/h2,8-15,17-18H,1,3-7H2/b14-2+. The first-order chi connectivity index (χ1) is 12.7. The molecule has 0 aromatic heterocycles. The van der Waals surface area contributed by atoms with E-state index < -0.39 is 5.82 Å². The van der Waals surface area contributed by atoms with E-state index in [-0.39, 0.29) is 5.56 Å². The fourth-order valence-corrected chi connectivity index (χ4v) is 3.91. The van der Waals surface area contributed by atoms with Crippen LogP contribution in [0.1, 0.15) is 55.6 Å². The van der Waals surface area contributed by atoms with Crippen LogP contribution in [0.5, 0.6) is 0 Å². The topological polar surface area (TPSA) is 23.8 Å². The highest BCUT2D eigenvalue weighted by Crippen LogP contribution is 2.38. The van der Waals surface area contributed by atoms with Crippen molar-refractivity contribution in [1.29, 1.82) is 5.26 Å². The smallest absolute Gasteiger partial charge is 0.141 e. The van der Waals surface area contributed by atoms with Crippen LogP contribution in [0.15, 0.2) is 54.9 Å². The Morgan fingerprint density at radius 3 is 2.31 bits per heavy atom. The molecule has 0 atom stereocenters. The van der Waals surface area contributed by atoms with Crippen molar-refractivity contribution < 1.29 is 8.78 Å². The van der Waals surface area contributed by atoms with Crippen LogP contribution in [0.4, 0.5) is 8.78 Å².